The normalized spacial score (nSPS) is 10.5. The van der Waals surface area contributed by atoms with Crippen molar-refractivity contribution < 1.29 is 0 Å². The van der Waals surface area contributed by atoms with Crippen molar-refractivity contribution in [2.24, 2.45) is 0 Å². The first-order valence-electron chi connectivity index (χ1n) is 7.93. The quantitative estimate of drug-likeness (QED) is 0.739. The smallest absolute Gasteiger partial charge is 0.249 e. The van der Waals surface area contributed by atoms with Crippen LogP contribution in [-0.4, -0.2) is 15.2 Å². The molecule has 0 fully saturated rings. The first-order valence-corrected chi connectivity index (χ1v) is 7.93. The van der Waals surface area contributed by atoms with Gasteiger partial charge < -0.3 is 10.6 Å². The molecule has 0 atom stereocenters. The Labute approximate surface area is 142 Å². The Morgan fingerprint density at radius 2 is 1.58 bits per heavy atom. The summed E-state index contributed by atoms with van der Waals surface area (Å²) < 4.78 is 0. The summed E-state index contributed by atoms with van der Waals surface area (Å²) in [5.41, 5.74) is 5.80. The van der Waals surface area contributed by atoms with Gasteiger partial charge in [-0.15, -0.1) is 5.10 Å². The molecule has 0 saturated carbocycles. The Kier molecular flexibility index (Phi) is 4.70. The number of aromatic nitrogens is 3. The zero-order valence-electron chi connectivity index (χ0n) is 14.2. The molecule has 2 N–H and O–H groups in total. The predicted molar refractivity (Wildman–Crippen MR) is 97.5 cm³/mol. The third-order valence-corrected chi connectivity index (χ3v) is 3.63. The van der Waals surface area contributed by atoms with E-state index in [4.69, 9.17) is 0 Å². The number of hydrogen-bond donors (Lipinski definition) is 2. The summed E-state index contributed by atoms with van der Waals surface area (Å²) in [6, 6.07) is 14.7. The van der Waals surface area contributed by atoms with Crippen LogP contribution < -0.4 is 10.6 Å². The monoisotopic (exact) mass is 319 g/mol. The molecule has 0 aliphatic heterocycles. The summed E-state index contributed by atoms with van der Waals surface area (Å²) in [4.78, 5) is 4.46. The molecule has 24 heavy (non-hydrogen) atoms. The van der Waals surface area contributed by atoms with Gasteiger partial charge in [0.1, 0.15) is 0 Å². The van der Waals surface area contributed by atoms with E-state index >= 15 is 0 Å². The maximum atomic E-state index is 4.46. The number of nitrogens with zero attached hydrogens (tertiary/aromatic N) is 3. The van der Waals surface area contributed by atoms with Crippen LogP contribution in [0.25, 0.3) is 0 Å². The fourth-order valence-corrected chi connectivity index (χ4v) is 2.52. The van der Waals surface area contributed by atoms with Crippen molar-refractivity contribution in [3.8, 4) is 0 Å². The minimum Gasteiger partial charge on any atom is -0.365 e. The lowest BCUT2D eigenvalue weighted by atomic mass is 10.1. The van der Waals surface area contributed by atoms with Crippen LogP contribution in [0.1, 0.15) is 22.3 Å². The number of anilines is 3. The second-order valence-electron chi connectivity index (χ2n) is 6.01. The predicted octanol–water partition coefficient (Wildman–Crippen LogP) is 4.15. The fourth-order valence-electron chi connectivity index (χ4n) is 2.52. The Bertz CT molecular complexity index is 807. The van der Waals surface area contributed by atoms with E-state index in [0.29, 0.717) is 18.3 Å². The van der Waals surface area contributed by atoms with Crippen molar-refractivity contribution in [2.75, 3.05) is 10.6 Å². The van der Waals surface area contributed by atoms with E-state index in [0.717, 1.165) is 5.69 Å². The molecule has 0 aliphatic carbocycles. The lowest BCUT2D eigenvalue weighted by Gasteiger charge is -2.09. The van der Waals surface area contributed by atoms with E-state index in [1.54, 1.807) is 6.20 Å². The SMILES string of the molecule is Cc1ccc(CNc2cnnc(Nc3cc(C)cc(C)c3)n2)cc1. The van der Waals surface area contributed by atoms with Gasteiger partial charge in [0.05, 0.1) is 6.20 Å². The van der Waals surface area contributed by atoms with Crippen LogP contribution in [-0.2, 0) is 6.54 Å². The highest BCUT2D eigenvalue weighted by atomic mass is 15.3. The largest absolute Gasteiger partial charge is 0.365 e. The van der Waals surface area contributed by atoms with Crippen LogP contribution in [0.15, 0.2) is 48.7 Å². The van der Waals surface area contributed by atoms with Crippen molar-refractivity contribution in [1.29, 1.82) is 0 Å². The molecule has 0 radical (unpaired) electrons. The molecule has 5 nitrogen and oxygen atoms in total. The van der Waals surface area contributed by atoms with Crippen molar-refractivity contribution >= 4 is 17.5 Å². The molecular weight excluding hydrogens is 298 g/mol. The number of nitrogens with one attached hydrogen (secondary N) is 2. The van der Waals surface area contributed by atoms with Gasteiger partial charge in [-0.25, -0.2) is 0 Å². The molecule has 0 aliphatic rings. The number of hydrogen-bond acceptors (Lipinski definition) is 5. The van der Waals surface area contributed by atoms with E-state index in [1.165, 1.54) is 22.3 Å². The molecule has 1 aromatic heterocycles. The fraction of sp³-hybridized carbons (Fsp3) is 0.211. The van der Waals surface area contributed by atoms with E-state index in [2.05, 4.69) is 89.1 Å². The summed E-state index contributed by atoms with van der Waals surface area (Å²) >= 11 is 0. The van der Waals surface area contributed by atoms with Crippen LogP contribution in [0.4, 0.5) is 17.5 Å². The first-order chi connectivity index (χ1) is 11.6. The zero-order valence-corrected chi connectivity index (χ0v) is 14.2. The molecule has 0 bridgehead atoms. The highest BCUT2D eigenvalue weighted by molar-refractivity contribution is 5.56. The van der Waals surface area contributed by atoms with Gasteiger partial charge in [-0.05, 0) is 49.6 Å². The number of aryl methyl sites for hydroxylation is 3. The molecule has 2 aromatic carbocycles. The van der Waals surface area contributed by atoms with Gasteiger partial charge in [0.25, 0.3) is 0 Å². The Morgan fingerprint density at radius 3 is 2.29 bits per heavy atom. The van der Waals surface area contributed by atoms with Gasteiger partial charge >= 0.3 is 0 Å². The lowest BCUT2D eigenvalue weighted by molar-refractivity contribution is 0.965. The van der Waals surface area contributed by atoms with Crippen LogP contribution >= 0.6 is 0 Å². The van der Waals surface area contributed by atoms with Gasteiger partial charge in [0, 0.05) is 12.2 Å². The molecule has 122 valence electrons. The molecule has 0 amide bonds. The Hall–Kier alpha value is -2.95. The van der Waals surface area contributed by atoms with Gasteiger partial charge in [-0.3, -0.25) is 0 Å². The summed E-state index contributed by atoms with van der Waals surface area (Å²) in [6.07, 6.45) is 1.63. The highest BCUT2D eigenvalue weighted by Crippen LogP contribution is 2.17. The average molecular weight is 319 g/mol. The van der Waals surface area contributed by atoms with E-state index in [9.17, 15) is 0 Å². The molecule has 0 spiro atoms. The molecule has 0 saturated heterocycles. The van der Waals surface area contributed by atoms with Crippen LogP contribution in [0, 0.1) is 20.8 Å². The van der Waals surface area contributed by atoms with Gasteiger partial charge in [0.2, 0.25) is 5.95 Å². The van der Waals surface area contributed by atoms with Crippen molar-refractivity contribution in [1.82, 2.24) is 15.2 Å². The number of benzene rings is 2. The maximum Gasteiger partial charge on any atom is 0.249 e. The molecule has 0 unspecified atom stereocenters. The molecule has 3 rings (SSSR count). The summed E-state index contributed by atoms with van der Waals surface area (Å²) in [7, 11) is 0. The van der Waals surface area contributed by atoms with Gasteiger partial charge in [0.15, 0.2) is 5.82 Å². The van der Waals surface area contributed by atoms with Gasteiger partial charge in [-0.1, -0.05) is 35.9 Å². The van der Waals surface area contributed by atoms with E-state index in [1.807, 2.05) is 0 Å². The topological polar surface area (TPSA) is 62.7 Å². The Balaban J connectivity index is 1.68. The van der Waals surface area contributed by atoms with E-state index in [-0.39, 0.29) is 0 Å². The molecule has 5 heteroatoms. The maximum absolute atomic E-state index is 4.46. The van der Waals surface area contributed by atoms with E-state index < -0.39 is 0 Å². The molecule has 1 heterocycles. The minimum atomic E-state index is 0.480. The standard InChI is InChI=1S/C19H21N5/c1-13-4-6-16(7-5-13)11-20-18-12-21-24-19(23-18)22-17-9-14(2)8-15(3)10-17/h4-10,12H,11H2,1-3H3,(H2,20,22,23,24). The number of rotatable bonds is 5. The van der Waals surface area contributed by atoms with Gasteiger partial charge in [-0.2, -0.15) is 10.1 Å². The Morgan fingerprint density at radius 1 is 0.875 bits per heavy atom. The van der Waals surface area contributed by atoms with Crippen LogP contribution in [0.3, 0.4) is 0 Å². The van der Waals surface area contributed by atoms with Crippen molar-refractivity contribution in [3.63, 3.8) is 0 Å². The third kappa shape index (κ3) is 4.29. The van der Waals surface area contributed by atoms with Crippen LogP contribution in [0.5, 0.6) is 0 Å². The second kappa shape index (κ2) is 7.08. The first kappa shape index (κ1) is 15.9. The zero-order chi connectivity index (χ0) is 16.9. The highest BCUT2D eigenvalue weighted by Gasteiger charge is 2.03. The van der Waals surface area contributed by atoms with Crippen molar-refractivity contribution in [3.05, 3.63) is 70.9 Å². The third-order valence-electron chi connectivity index (χ3n) is 3.63. The second-order valence-corrected chi connectivity index (χ2v) is 6.01. The van der Waals surface area contributed by atoms with Crippen LogP contribution in [0.2, 0.25) is 0 Å². The lowest BCUT2D eigenvalue weighted by Crippen LogP contribution is -2.05. The summed E-state index contributed by atoms with van der Waals surface area (Å²) in [6.45, 7) is 6.91. The molecule has 3 aromatic rings. The molecular formula is C19H21N5. The summed E-state index contributed by atoms with van der Waals surface area (Å²) in [5, 5.41) is 14.5. The minimum absolute atomic E-state index is 0.480. The summed E-state index contributed by atoms with van der Waals surface area (Å²) in [5.74, 6) is 1.17. The average Bonchev–Trinajstić information content (AvgIpc) is 2.54. The van der Waals surface area contributed by atoms with Crippen molar-refractivity contribution in [2.45, 2.75) is 27.3 Å².